The van der Waals surface area contributed by atoms with Gasteiger partial charge in [-0.15, -0.1) is 0 Å². The molecule has 94 valence electrons. The first-order chi connectivity index (χ1) is 8.35. The van der Waals surface area contributed by atoms with Gasteiger partial charge in [0.2, 0.25) is 0 Å². The first-order valence-electron chi connectivity index (χ1n) is 7.03. The number of hydrogen-bond acceptors (Lipinski definition) is 2. The SMILES string of the molecule is CNC(Cc1ccsc1)CC1CC2CCC1C2. The fraction of sp³-hybridized carbons (Fsp3) is 0.733. The van der Waals surface area contributed by atoms with Gasteiger partial charge < -0.3 is 5.32 Å². The minimum atomic E-state index is 0.689. The second-order valence-corrected chi connectivity index (χ2v) is 6.77. The minimum absolute atomic E-state index is 0.689. The van der Waals surface area contributed by atoms with Crippen molar-refractivity contribution in [3.63, 3.8) is 0 Å². The molecule has 2 heteroatoms. The Morgan fingerprint density at radius 1 is 1.41 bits per heavy atom. The van der Waals surface area contributed by atoms with Crippen molar-refractivity contribution in [3.8, 4) is 0 Å². The van der Waals surface area contributed by atoms with Crippen LogP contribution in [0.15, 0.2) is 16.8 Å². The van der Waals surface area contributed by atoms with Crippen LogP contribution in [0.5, 0.6) is 0 Å². The van der Waals surface area contributed by atoms with E-state index in [1.807, 2.05) is 11.3 Å². The molecule has 0 aromatic carbocycles. The largest absolute Gasteiger partial charge is 0.317 e. The Labute approximate surface area is 109 Å². The lowest BCUT2D eigenvalue weighted by Crippen LogP contribution is -2.31. The van der Waals surface area contributed by atoms with Crippen molar-refractivity contribution in [3.05, 3.63) is 22.4 Å². The summed E-state index contributed by atoms with van der Waals surface area (Å²) < 4.78 is 0. The third-order valence-electron chi connectivity index (χ3n) is 4.94. The van der Waals surface area contributed by atoms with Gasteiger partial charge in [-0.25, -0.2) is 0 Å². The highest BCUT2D eigenvalue weighted by atomic mass is 32.1. The van der Waals surface area contributed by atoms with E-state index in [2.05, 4.69) is 29.2 Å². The Morgan fingerprint density at radius 3 is 2.94 bits per heavy atom. The summed E-state index contributed by atoms with van der Waals surface area (Å²) in [7, 11) is 2.13. The molecule has 1 nitrogen and oxygen atoms in total. The summed E-state index contributed by atoms with van der Waals surface area (Å²) in [4.78, 5) is 0. The quantitative estimate of drug-likeness (QED) is 0.839. The summed E-state index contributed by atoms with van der Waals surface area (Å²) in [6, 6.07) is 2.96. The molecule has 17 heavy (non-hydrogen) atoms. The Bertz CT molecular complexity index is 346. The lowest BCUT2D eigenvalue weighted by molar-refractivity contribution is 0.282. The standard InChI is InChI=1S/C15H23NS/c1-16-15(8-12-4-5-17-10-12)9-14-7-11-2-3-13(14)6-11/h4-5,10-11,13-16H,2-3,6-9H2,1H3. The van der Waals surface area contributed by atoms with Gasteiger partial charge in [0, 0.05) is 6.04 Å². The van der Waals surface area contributed by atoms with Crippen LogP contribution >= 0.6 is 11.3 Å². The van der Waals surface area contributed by atoms with Crippen LogP contribution in [0, 0.1) is 17.8 Å². The van der Waals surface area contributed by atoms with Gasteiger partial charge in [0.25, 0.3) is 0 Å². The van der Waals surface area contributed by atoms with E-state index in [9.17, 15) is 0 Å². The molecular weight excluding hydrogens is 226 g/mol. The van der Waals surface area contributed by atoms with Gasteiger partial charge >= 0.3 is 0 Å². The van der Waals surface area contributed by atoms with Gasteiger partial charge in [-0.05, 0) is 79.3 Å². The Hall–Kier alpha value is -0.340. The first kappa shape index (κ1) is 11.7. The van der Waals surface area contributed by atoms with E-state index in [0.717, 1.165) is 17.8 Å². The summed E-state index contributed by atoms with van der Waals surface area (Å²) >= 11 is 1.82. The second-order valence-electron chi connectivity index (χ2n) is 5.99. The van der Waals surface area contributed by atoms with E-state index in [1.165, 1.54) is 37.7 Å². The Balaban J connectivity index is 1.55. The van der Waals surface area contributed by atoms with E-state index >= 15 is 0 Å². The molecule has 1 N–H and O–H groups in total. The van der Waals surface area contributed by atoms with Crippen LogP contribution in [0.4, 0.5) is 0 Å². The minimum Gasteiger partial charge on any atom is -0.317 e. The van der Waals surface area contributed by atoms with Crippen molar-refractivity contribution in [2.75, 3.05) is 7.05 Å². The number of hydrogen-bond donors (Lipinski definition) is 1. The van der Waals surface area contributed by atoms with Crippen molar-refractivity contribution < 1.29 is 0 Å². The molecule has 0 aliphatic heterocycles. The molecule has 3 rings (SSSR count). The number of fused-ring (bicyclic) bond motifs is 2. The zero-order chi connectivity index (χ0) is 11.7. The lowest BCUT2D eigenvalue weighted by Gasteiger charge is -2.26. The summed E-state index contributed by atoms with van der Waals surface area (Å²) in [5.74, 6) is 3.17. The summed E-state index contributed by atoms with van der Waals surface area (Å²) in [5.41, 5.74) is 1.51. The van der Waals surface area contributed by atoms with Crippen LogP contribution < -0.4 is 5.32 Å². The molecule has 2 bridgehead atoms. The molecule has 2 aliphatic rings. The van der Waals surface area contributed by atoms with Gasteiger partial charge in [-0.2, -0.15) is 11.3 Å². The Kier molecular flexibility index (Phi) is 3.53. The lowest BCUT2D eigenvalue weighted by atomic mass is 9.83. The van der Waals surface area contributed by atoms with Gasteiger partial charge in [-0.3, -0.25) is 0 Å². The molecule has 4 unspecified atom stereocenters. The van der Waals surface area contributed by atoms with Crippen LogP contribution in [0.2, 0.25) is 0 Å². The van der Waals surface area contributed by atoms with Crippen LogP contribution in [-0.2, 0) is 6.42 Å². The molecule has 2 saturated carbocycles. The van der Waals surface area contributed by atoms with Crippen LogP contribution in [0.3, 0.4) is 0 Å². The fourth-order valence-electron chi connectivity index (χ4n) is 4.03. The average Bonchev–Trinajstić information content (AvgIpc) is 3.04. The Morgan fingerprint density at radius 2 is 2.35 bits per heavy atom. The average molecular weight is 249 g/mol. The van der Waals surface area contributed by atoms with E-state index in [1.54, 1.807) is 6.42 Å². The number of likely N-dealkylation sites (N-methyl/N-ethyl adjacent to an activating group) is 1. The van der Waals surface area contributed by atoms with Gasteiger partial charge in [0.1, 0.15) is 0 Å². The first-order valence-corrected chi connectivity index (χ1v) is 7.97. The number of nitrogens with one attached hydrogen (secondary N) is 1. The molecule has 1 heterocycles. The van der Waals surface area contributed by atoms with E-state index in [-0.39, 0.29) is 0 Å². The van der Waals surface area contributed by atoms with Crippen molar-refractivity contribution in [2.24, 2.45) is 17.8 Å². The van der Waals surface area contributed by atoms with E-state index in [4.69, 9.17) is 0 Å². The topological polar surface area (TPSA) is 12.0 Å². The predicted octanol–water partition coefficient (Wildman–Crippen LogP) is 3.70. The van der Waals surface area contributed by atoms with Crippen molar-refractivity contribution in [2.45, 2.75) is 44.6 Å². The normalized spacial score (nSPS) is 33.1. The fourth-order valence-corrected chi connectivity index (χ4v) is 4.71. The zero-order valence-electron chi connectivity index (χ0n) is 10.7. The van der Waals surface area contributed by atoms with Crippen molar-refractivity contribution in [1.29, 1.82) is 0 Å². The highest BCUT2D eigenvalue weighted by Gasteiger charge is 2.39. The third kappa shape index (κ3) is 2.58. The summed E-state index contributed by atoms with van der Waals surface area (Å²) in [6.07, 6.45) is 8.72. The maximum atomic E-state index is 3.53. The highest BCUT2D eigenvalue weighted by Crippen LogP contribution is 2.49. The van der Waals surface area contributed by atoms with Crippen LogP contribution in [0.25, 0.3) is 0 Å². The predicted molar refractivity (Wildman–Crippen MR) is 74.4 cm³/mol. The molecule has 4 atom stereocenters. The van der Waals surface area contributed by atoms with Crippen molar-refractivity contribution in [1.82, 2.24) is 5.32 Å². The smallest absolute Gasteiger partial charge is 0.0107 e. The monoisotopic (exact) mass is 249 g/mol. The molecule has 0 spiro atoms. The molecule has 2 aliphatic carbocycles. The molecule has 1 aromatic heterocycles. The van der Waals surface area contributed by atoms with Gasteiger partial charge in [0.15, 0.2) is 0 Å². The summed E-state index contributed by atoms with van der Waals surface area (Å²) in [5, 5.41) is 8.02. The maximum absolute atomic E-state index is 3.53. The molecule has 0 saturated heterocycles. The van der Waals surface area contributed by atoms with Crippen LogP contribution in [0.1, 0.15) is 37.7 Å². The van der Waals surface area contributed by atoms with Crippen molar-refractivity contribution >= 4 is 11.3 Å². The van der Waals surface area contributed by atoms with Crippen LogP contribution in [-0.4, -0.2) is 13.1 Å². The van der Waals surface area contributed by atoms with Gasteiger partial charge in [0.05, 0.1) is 0 Å². The molecule has 0 radical (unpaired) electrons. The molecular formula is C15H23NS. The maximum Gasteiger partial charge on any atom is 0.0107 e. The molecule has 0 amide bonds. The number of rotatable bonds is 5. The second kappa shape index (κ2) is 5.11. The summed E-state index contributed by atoms with van der Waals surface area (Å²) in [6.45, 7) is 0. The number of thiophene rings is 1. The highest BCUT2D eigenvalue weighted by molar-refractivity contribution is 7.07. The third-order valence-corrected chi connectivity index (χ3v) is 5.67. The molecule has 1 aromatic rings. The molecule has 2 fully saturated rings. The van der Waals surface area contributed by atoms with E-state index < -0.39 is 0 Å². The zero-order valence-corrected chi connectivity index (χ0v) is 11.5. The van der Waals surface area contributed by atoms with Gasteiger partial charge in [-0.1, -0.05) is 6.42 Å². The van der Waals surface area contributed by atoms with E-state index in [0.29, 0.717) is 6.04 Å².